The van der Waals surface area contributed by atoms with Gasteiger partial charge in [0.25, 0.3) is 0 Å². The van der Waals surface area contributed by atoms with Gasteiger partial charge < -0.3 is 10.3 Å². The van der Waals surface area contributed by atoms with Gasteiger partial charge in [0, 0.05) is 11.8 Å². The van der Waals surface area contributed by atoms with Crippen molar-refractivity contribution in [1.82, 2.24) is 9.55 Å². The second kappa shape index (κ2) is 5.22. The normalized spacial score (nSPS) is 13.1. The number of aryl methyl sites for hydroxylation is 2. The molecule has 0 aliphatic rings. The molecule has 1 heterocycles. The maximum absolute atomic E-state index is 6.07. The quantitative estimate of drug-likeness (QED) is 0.917. The van der Waals surface area contributed by atoms with Crippen LogP contribution in [0.15, 0.2) is 12.1 Å². The number of aromatic nitrogens is 2. The van der Waals surface area contributed by atoms with E-state index in [4.69, 9.17) is 5.73 Å². The van der Waals surface area contributed by atoms with E-state index in [9.17, 15) is 0 Å². The minimum Gasteiger partial charge on any atom is -0.369 e. The Morgan fingerprint density at radius 2 is 2.00 bits per heavy atom. The fraction of sp³-hybridized carbons (Fsp3) is 0.500. The molecule has 2 aromatic rings. The molecule has 3 nitrogen and oxygen atoms in total. The number of hydrogen-bond donors (Lipinski definition) is 1. The molecule has 0 saturated carbocycles. The Balaban J connectivity index is 2.49. The fourth-order valence-electron chi connectivity index (χ4n) is 2.20. The molecule has 1 unspecified atom stereocenters. The number of imidazole rings is 1. The summed E-state index contributed by atoms with van der Waals surface area (Å²) in [6, 6.07) is 4.69. The van der Waals surface area contributed by atoms with Crippen LogP contribution in [0.3, 0.4) is 0 Å². The molecule has 0 bridgehead atoms. The lowest BCUT2D eigenvalue weighted by Crippen LogP contribution is -2.11. The molecule has 1 aromatic carbocycles. The predicted molar refractivity (Wildman–Crippen MR) is 81.3 cm³/mol. The first-order chi connectivity index (χ1) is 8.54. The van der Waals surface area contributed by atoms with Gasteiger partial charge in [0.1, 0.15) is 0 Å². The predicted octanol–water partition coefficient (Wildman–Crippen LogP) is 3.55. The molecule has 0 amide bonds. The summed E-state index contributed by atoms with van der Waals surface area (Å²) in [5.74, 6) is 2.83. The highest BCUT2D eigenvalue weighted by Crippen LogP contribution is 2.27. The van der Waals surface area contributed by atoms with Crippen molar-refractivity contribution in [1.29, 1.82) is 0 Å². The lowest BCUT2D eigenvalue weighted by molar-refractivity contribution is 0.636. The maximum atomic E-state index is 6.07. The van der Waals surface area contributed by atoms with E-state index in [2.05, 4.69) is 49.4 Å². The molecule has 18 heavy (non-hydrogen) atoms. The zero-order chi connectivity index (χ0) is 13.3. The molecule has 2 N–H and O–H groups in total. The van der Waals surface area contributed by atoms with Crippen LogP contribution < -0.4 is 5.73 Å². The molecule has 4 heteroatoms. The lowest BCUT2D eigenvalue weighted by Gasteiger charge is -2.15. The van der Waals surface area contributed by atoms with Gasteiger partial charge in [-0.05, 0) is 49.8 Å². The van der Waals surface area contributed by atoms with E-state index in [1.807, 2.05) is 11.8 Å². The molecule has 98 valence electrons. The first-order valence-corrected chi connectivity index (χ1v) is 7.52. The van der Waals surface area contributed by atoms with Crippen LogP contribution in [0, 0.1) is 13.8 Å². The number of nitrogens with two attached hydrogens (primary N) is 1. The van der Waals surface area contributed by atoms with E-state index in [0.29, 0.717) is 12.0 Å². The van der Waals surface area contributed by atoms with Crippen LogP contribution in [0.1, 0.15) is 31.0 Å². The summed E-state index contributed by atoms with van der Waals surface area (Å²) in [7, 11) is 0. The summed E-state index contributed by atoms with van der Waals surface area (Å²) in [5, 5.41) is 0. The van der Waals surface area contributed by atoms with Gasteiger partial charge in [-0.1, -0.05) is 6.92 Å². The minimum absolute atomic E-state index is 0.377. The molecule has 0 radical (unpaired) electrons. The second-order valence-electron chi connectivity index (χ2n) is 4.77. The van der Waals surface area contributed by atoms with Gasteiger partial charge in [0.15, 0.2) is 0 Å². The molecule has 0 aliphatic heterocycles. The Kier molecular flexibility index (Phi) is 3.85. The van der Waals surface area contributed by atoms with Gasteiger partial charge in [0.2, 0.25) is 5.95 Å². The molecule has 1 atom stereocenters. The molecule has 0 saturated heterocycles. The zero-order valence-electron chi connectivity index (χ0n) is 11.5. The lowest BCUT2D eigenvalue weighted by atomic mass is 10.1. The Morgan fingerprint density at radius 1 is 1.33 bits per heavy atom. The number of anilines is 1. The Hall–Kier alpha value is -1.16. The topological polar surface area (TPSA) is 43.8 Å². The van der Waals surface area contributed by atoms with Crippen molar-refractivity contribution in [2.45, 2.75) is 33.7 Å². The largest absolute Gasteiger partial charge is 0.369 e. The minimum atomic E-state index is 0.377. The zero-order valence-corrected chi connectivity index (χ0v) is 12.3. The van der Waals surface area contributed by atoms with Crippen LogP contribution >= 0.6 is 11.8 Å². The third kappa shape index (κ3) is 2.34. The van der Waals surface area contributed by atoms with Crippen LogP contribution in [0.5, 0.6) is 0 Å². The highest BCUT2D eigenvalue weighted by atomic mass is 32.2. The summed E-state index contributed by atoms with van der Waals surface area (Å²) < 4.78 is 2.16. The van der Waals surface area contributed by atoms with E-state index in [1.54, 1.807) is 0 Å². The number of benzene rings is 1. The highest BCUT2D eigenvalue weighted by molar-refractivity contribution is 7.99. The first kappa shape index (κ1) is 13.3. The second-order valence-corrected chi connectivity index (χ2v) is 6.09. The van der Waals surface area contributed by atoms with E-state index in [-0.39, 0.29) is 0 Å². The number of thioether (sulfide) groups is 1. The van der Waals surface area contributed by atoms with Gasteiger partial charge in [-0.15, -0.1) is 0 Å². The summed E-state index contributed by atoms with van der Waals surface area (Å²) in [5.41, 5.74) is 10.8. The van der Waals surface area contributed by atoms with Gasteiger partial charge in [0.05, 0.1) is 11.0 Å². The number of rotatable bonds is 4. The van der Waals surface area contributed by atoms with Crippen molar-refractivity contribution >= 4 is 28.7 Å². The fourth-order valence-corrected chi connectivity index (χ4v) is 2.92. The summed E-state index contributed by atoms with van der Waals surface area (Å²) in [6.07, 6.45) is 0. The number of nitrogen functional groups attached to an aromatic ring is 1. The van der Waals surface area contributed by atoms with Gasteiger partial charge in [-0.3, -0.25) is 0 Å². The molecule has 0 aliphatic carbocycles. The van der Waals surface area contributed by atoms with Crippen LogP contribution in [0.2, 0.25) is 0 Å². The summed E-state index contributed by atoms with van der Waals surface area (Å²) in [6.45, 7) is 8.63. The average molecular weight is 263 g/mol. The molecule has 0 spiro atoms. The van der Waals surface area contributed by atoms with Crippen molar-refractivity contribution in [3.8, 4) is 0 Å². The van der Waals surface area contributed by atoms with E-state index >= 15 is 0 Å². The van der Waals surface area contributed by atoms with Crippen LogP contribution in [0.4, 0.5) is 5.95 Å². The smallest absolute Gasteiger partial charge is 0.201 e. The van der Waals surface area contributed by atoms with E-state index in [0.717, 1.165) is 22.5 Å². The highest BCUT2D eigenvalue weighted by Gasteiger charge is 2.14. The van der Waals surface area contributed by atoms with Crippen molar-refractivity contribution in [2.24, 2.45) is 0 Å². The van der Waals surface area contributed by atoms with Crippen molar-refractivity contribution in [3.63, 3.8) is 0 Å². The van der Waals surface area contributed by atoms with Crippen molar-refractivity contribution in [3.05, 3.63) is 23.3 Å². The molecule has 2 rings (SSSR count). The van der Waals surface area contributed by atoms with Gasteiger partial charge >= 0.3 is 0 Å². The van der Waals surface area contributed by atoms with Crippen LogP contribution in [0.25, 0.3) is 11.0 Å². The summed E-state index contributed by atoms with van der Waals surface area (Å²) >= 11 is 1.93. The number of fused-ring (bicyclic) bond motifs is 1. The molecular weight excluding hydrogens is 242 g/mol. The van der Waals surface area contributed by atoms with Crippen molar-refractivity contribution < 1.29 is 0 Å². The standard InChI is InChI=1S/C14H21N3S/c1-5-18-8-11(4)17-13-7-10(3)9(2)6-12(13)16-14(17)15/h6-7,11H,5,8H2,1-4H3,(H2,15,16). The van der Waals surface area contributed by atoms with Crippen molar-refractivity contribution in [2.75, 3.05) is 17.2 Å². The van der Waals surface area contributed by atoms with Crippen LogP contribution in [-0.2, 0) is 0 Å². The van der Waals surface area contributed by atoms with Crippen LogP contribution in [-0.4, -0.2) is 21.1 Å². The summed E-state index contributed by atoms with van der Waals surface area (Å²) in [4.78, 5) is 4.48. The molecule has 1 aromatic heterocycles. The average Bonchev–Trinajstić information content (AvgIpc) is 2.62. The van der Waals surface area contributed by atoms with Gasteiger partial charge in [-0.25, -0.2) is 4.98 Å². The third-order valence-corrected chi connectivity index (χ3v) is 4.46. The SMILES string of the molecule is CCSCC(C)n1c(N)nc2cc(C)c(C)cc21. The number of hydrogen-bond acceptors (Lipinski definition) is 3. The monoisotopic (exact) mass is 263 g/mol. The first-order valence-electron chi connectivity index (χ1n) is 6.37. The maximum Gasteiger partial charge on any atom is 0.201 e. The van der Waals surface area contributed by atoms with E-state index in [1.165, 1.54) is 11.1 Å². The Morgan fingerprint density at radius 3 is 2.67 bits per heavy atom. The molecule has 0 fully saturated rings. The third-order valence-electron chi connectivity index (χ3n) is 3.34. The Labute approximate surface area is 113 Å². The Bertz CT molecular complexity index is 560. The van der Waals surface area contributed by atoms with Gasteiger partial charge in [-0.2, -0.15) is 11.8 Å². The van der Waals surface area contributed by atoms with E-state index < -0.39 is 0 Å². The number of nitrogens with zero attached hydrogens (tertiary/aromatic N) is 2. The molecular formula is C14H21N3S.